The van der Waals surface area contributed by atoms with E-state index in [1.807, 2.05) is 24.3 Å². The van der Waals surface area contributed by atoms with Crippen LogP contribution in [-0.2, 0) is 11.2 Å². The average molecular weight is 371 g/mol. The summed E-state index contributed by atoms with van der Waals surface area (Å²) in [6.45, 7) is 0.695. The third-order valence-corrected chi connectivity index (χ3v) is 4.63. The Morgan fingerprint density at radius 2 is 1.85 bits per heavy atom. The lowest BCUT2D eigenvalue weighted by molar-refractivity contribution is -0.121. The van der Waals surface area contributed by atoms with Crippen LogP contribution in [0.3, 0.4) is 0 Å². The van der Waals surface area contributed by atoms with Gasteiger partial charge in [-0.25, -0.2) is 4.39 Å². The highest BCUT2D eigenvalue weighted by Crippen LogP contribution is 2.24. The molecular formula is C22H26FNO3. The predicted molar refractivity (Wildman–Crippen MR) is 103 cm³/mol. The molecule has 5 heteroatoms. The summed E-state index contributed by atoms with van der Waals surface area (Å²) in [5, 5.41) is 2.82. The Balaban J connectivity index is 1.35. The maximum atomic E-state index is 13.0. The van der Waals surface area contributed by atoms with Crippen LogP contribution in [0.25, 0.3) is 0 Å². The zero-order chi connectivity index (χ0) is 18.9. The molecule has 1 saturated carbocycles. The molecule has 2 aromatic rings. The molecule has 0 unspecified atom stereocenters. The molecule has 0 aliphatic heterocycles. The zero-order valence-electron chi connectivity index (χ0n) is 15.5. The van der Waals surface area contributed by atoms with Gasteiger partial charge in [0, 0.05) is 12.5 Å². The molecule has 1 fully saturated rings. The molecule has 2 aromatic carbocycles. The maximum absolute atomic E-state index is 13.0. The van der Waals surface area contributed by atoms with Gasteiger partial charge in [-0.05, 0) is 61.9 Å². The number of carbonyl (C=O) groups excluding carboxylic acids is 1. The third-order valence-electron chi connectivity index (χ3n) is 4.63. The van der Waals surface area contributed by atoms with Crippen LogP contribution in [0.4, 0.5) is 4.39 Å². The smallest absolute Gasteiger partial charge is 0.220 e. The summed E-state index contributed by atoms with van der Waals surface area (Å²) in [5.74, 6) is 0.988. The van der Waals surface area contributed by atoms with Crippen LogP contribution in [0.1, 0.15) is 37.7 Å². The molecule has 1 amide bonds. The molecule has 1 N–H and O–H groups in total. The lowest BCUT2D eigenvalue weighted by Crippen LogP contribution is -2.28. The summed E-state index contributed by atoms with van der Waals surface area (Å²) in [4.78, 5) is 12.0. The number of hydrogen-bond acceptors (Lipinski definition) is 3. The van der Waals surface area contributed by atoms with Gasteiger partial charge in [-0.15, -0.1) is 0 Å². The van der Waals surface area contributed by atoms with E-state index < -0.39 is 0 Å². The van der Waals surface area contributed by atoms with Gasteiger partial charge in [-0.1, -0.05) is 18.2 Å². The summed E-state index contributed by atoms with van der Waals surface area (Å²) < 4.78 is 24.5. The molecule has 0 atom stereocenters. The quantitative estimate of drug-likeness (QED) is 0.670. The zero-order valence-corrected chi connectivity index (χ0v) is 15.5. The van der Waals surface area contributed by atoms with Crippen LogP contribution in [-0.4, -0.2) is 25.2 Å². The highest BCUT2D eigenvalue weighted by Gasteiger charge is 2.16. The first-order valence-electron chi connectivity index (χ1n) is 9.60. The Morgan fingerprint density at radius 3 is 2.67 bits per heavy atom. The molecule has 144 valence electrons. The second-order valence-corrected chi connectivity index (χ2v) is 6.83. The van der Waals surface area contributed by atoms with Gasteiger partial charge in [0.05, 0.1) is 12.6 Å². The largest absolute Gasteiger partial charge is 0.492 e. The number of amides is 1. The Hall–Kier alpha value is -2.56. The molecule has 4 nitrogen and oxygen atoms in total. The standard InChI is InChI=1S/C22H26FNO3/c23-18-6-4-9-20(16-18)26-14-13-24-22(25)12-11-17-5-3-10-21(15-17)27-19-7-1-2-8-19/h3-6,9-10,15-16,19H,1-2,7-8,11-14H2,(H,24,25). The van der Waals surface area contributed by atoms with Crippen molar-refractivity contribution in [3.05, 3.63) is 59.9 Å². The lowest BCUT2D eigenvalue weighted by atomic mass is 10.1. The van der Waals surface area contributed by atoms with Gasteiger partial charge in [-0.3, -0.25) is 4.79 Å². The highest BCUT2D eigenvalue weighted by molar-refractivity contribution is 5.76. The van der Waals surface area contributed by atoms with Crippen LogP contribution >= 0.6 is 0 Å². The van der Waals surface area contributed by atoms with Crippen LogP contribution < -0.4 is 14.8 Å². The predicted octanol–water partition coefficient (Wildman–Crippen LogP) is 4.27. The van der Waals surface area contributed by atoms with E-state index in [2.05, 4.69) is 5.32 Å². The molecule has 0 radical (unpaired) electrons. The molecule has 0 saturated heterocycles. The first kappa shape index (κ1) is 19.2. The molecule has 1 aliphatic carbocycles. The van der Waals surface area contributed by atoms with Gasteiger partial charge in [0.15, 0.2) is 0 Å². The fourth-order valence-corrected chi connectivity index (χ4v) is 3.24. The van der Waals surface area contributed by atoms with Crippen molar-refractivity contribution >= 4 is 5.91 Å². The molecular weight excluding hydrogens is 345 g/mol. The molecule has 0 aromatic heterocycles. The van der Waals surface area contributed by atoms with Crippen molar-refractivity contribution in [2.75, 3.05) is 13.2 Å². The first-order chi connectivity index (χ1) is 13.2. The first-order valence-corrected chi connectivity index (χ1v) is 9.60. The van der Waals surface area contributed by atoms with E-state index in [4.69, 9.17) is 9.47 Å². The van der Waals surface area contributed by atoms with Gasteiger partial charge in [0.25, 0.3) is 0 Å². The van der Waals surface area contributed by atoms with Crippen LogP contribution in [0.5, 0.6) is 11.5 Å². The molecule has 1 aliphatic rings. The van der Waals surface area contributed by atoms with E-state index in [-0.39, 0.29) is 11.7 Å². The third kappa shape index (κ3) is 6.59. The van der Waals surface area contributed by atoms with Crippen molar-refractivity contribution in [3.8, 4) is 11.5 Å². The van der Waals surface area contributed by atoms with Gasteiger partial charge in [0.1, 0.15) is 23.9 Å². The average Bonchev–Trinajstić information content (AvgIpc) is 3.17. The van der Waals surface area contributed by atoms with Gasteiger partial charge in [-0.2, -0.15) is 0 Å². The monoisotopic (exact) mass is 371 g/mol. The number of rotatable bonds is 9. The molecule has 0 bridgehead atoms. The fourth-order valence-electron chi connectivity index (χ4n) is 3.24. The Labute approximate surface area is 159 Å². The SMILES string of the molecule is O=C(CCc1cccc(OC2CCCC2)c1)NCCOc1cccc(F)c1. The molecule has 0 heterocycles. The van der Waals surface area contributed by atoms with Crippen molar-refractivity contribution in [1.29, 1.82) is 0 Å². The van der Waals surface area contributed by atoms with E-state index in [0.29, 0.717) is 37.8 Å². The lowest BCUT2D eigenvalue weighted by Gasteiger charge is -2.14. The van der Waals surface area contributed by atoms with Crippen molar-refractivity contribution in [2.24, 2.45) is 0 Å². The van der Waals surface area contributed by atoms with Crippen LogP contribution in [0.2, 0.25) is 0 Å². The number of ether oxygens (including phenoxy) is 2. The summed E-state index contributed by atoms with van der Waals surface area (Å²) in [5.41, 5.74) is 1.09. The highest BCUT2D eigenvalue weighted by atomic mass is 19.1. The van der Waals surface area contributed by atoms with E-state index in [9.17, 15) is 9.18 Å². The van der Waals surface area contributed by atoms with Gasteiger partial charge < -0.3 is 14.8 Å². The maximum Gasteiger partial charge on any atom is 0.220 e. The second kappa shape index (κ2) is 9.95. The number of halogens is 1. The fraction of sp³-hybridized carbons (Fsp3) is 0.409. The number of aryl methyl sites for hydroxylation is 1. The number of carbonyl (C=O) groups is 1. The Bertz CT molecular complexity index is 744. The minimum Gasteiger partial charge on any atom is -0.492 e. The number of hydrogen-bond donors (Lipinski definition) is 1. The Kier molecular flexibility index (Phi) is 7.08. The minimum absolute atomic E-state index is 0.0278. The summed E-state index contributed by atoms with van der Waals surface area (Å²) >= 11 is 0. The summed E-state index contributed by atoms with van der Waals surface area (Å²) in [6.07, 6.45) is 6.16. The topological polar surface area (TPSA) is 47.6 Å². The van der Waals surface area contributed by atoms with Crippen molar-refractivity contribution in [2.45, 2.75) is 44.6 Å². The normalized spacial score (nSPS) is 14.1. The number of benzene rings is 2. The molecule has 0 spiro atoms. The van der Waals surface area contributed by atoms with E-state index in [1.165, 1.54) is 25.0 Å². The summed E-state index contributed by atoms with van der Waals surface area (Å²) in [7, 11) is 0. The molecule has 3 rings (SSSR count). The summed E-state index contributed by atoms with van der Waals surface area (Å²) in [6, 6.07) is 14.0. The van der Waals surface area contributed by atoms with Crippen LogP contribution in [0.15, 0.2) is 48.5 Å². The number of nitrogens with one attached hydrogen (secondary N) is 1. The van der Waals surface area contributed by atoms with Crippen LogP contribution in [0, 0.1) is 5.82 Å². The van der Waals surface area contributed by atoms with E-state index in [0.717, 1.165) is 24.2 Å². The molecule has 27 heavy (non-hydrogen) atoms. The van der Waals surface area contributed by atoms with Gasteiger partial charge >= 0.3 is 0 Å². The van der Waals surface area contributed by atoms with E-state index in [1.54, 1.807) is 12.1 Å². The van der Waals surface area contributed by atoms with Gasteiger partial charge in [0.2, 0.25) is 5.91 Å². The van der Waals surface area contributed by atoms with Crippen molar-refractivity contribution in [3.63, 3.8) is 0 Å². The van der Waals surface area contributed by atoms with Crippen molar-refractivity contribution < 1.29 is 18.7 Å². The van der Waals surface area contributed by atoms with E-state index >= 15 is 0 Å². The van der Waals surface area contributed by atoms with Crippen molar-refractivity contribution in [1.82, 2.24) is 5.32 Å². The second-order valence-electron chi connectivity index (χ2n) is 6.83. The Morgan fingerprint density at radius 1 is 1.07 bits per heavy atom. The minimum atomic E-state index is -0.337.